The number of hydrogen-bond donors (Lipinski definition) is 2. The number of carbonyl (C=O) groups excluding carboxylic acids is 1. The van der Waals surface area contributed by atoms with E-state index in [1.54, 1.807) is 47.9 Å². The summed E-state index contributed by atoms with van der Waals surface area (Å²) in [6.45, 7) is 1.26. The topological polar surface area (TPSA) is 119 Å². The number of carboxylic acids is 1. The second-order valence-corrected chi connectivity index (χ2v) is 9.91. The molecule has 2 N–H and O–H groups in total. The number of nitrogens with one attached hydrogen (secondary N) is 1. The van der Waals surface area contributed by atoms with Crippen molar-refractivity contribution in [3.05, 3.63) is 121 Å². The van der Waals surface area contributed by atoms with Crippen LogP contribution in [0.5, 0.6) is 11.5 Å². The standard InChI is InChI=1S/C30H25N3O6S/c1-18-26(28(36)32-21-11-7-4-8-12-21)27(20-9-5-3-6-10-20)33-29(37)24(40-30(33)31-18)16-19-13-14-22(23(15-19)38-2)39-17-25(34)35/h3-16,27H,17H2,1-2H3,(H,32,36)(H,34,35)/b24-16-/t27-/m1/s1. The number of ether oxygens (including phenoxy) is 2. The molecule has 1 aromatic heterocycles. The molecule has 0 bridgehead atoms. The fourth-order valence-corrected chi connectivity index (χ4v) is 5.51. The highest BCUT2D eigenvalue weighted by Gasteiger charge is 2.32. The third-order valence-electron chi connectivity index (χ3n) is 6.25. The van der Waals surface area contributed by atoms with Gasteiger partial charge in [0.15, 0.2) is 22.9 Å². The number of methoxy groups -OCH3 is 1. The monoisotopic (exact) mass is 555 g/mol. The highest BCUT2D eigenvalue weighted by Crippen LogP contribution is 2.31. The molecule has 40 heavy (non-hydrogen) atoms. The van der Waals surface area contributed by atoms with Crippen LogP contribution in [0.15, 0.2) is 99.9 Å². The molecule has 1 amide bonds. The second kappa shape index (κ2) is 11.4. The summed E-state index contributed by atoms with van der Waals surface area (Å²) in [5.74, 6) is -0.831. The molecule has 2 heterocycles. The van der Waals surface area contributed by atoms with Gasteiger partial charge in [-0.3, -0.25) is 14.2 Å². The Morgan fingerprint density at radius 3 is 2.42 bits per heavy atom. The Morgan fingerprint density at radius 2 is 1.75 bits per heavy atom. The van der Waals surface area contributed by atoms with E-state index in [0.717, 1.165) is 5.56 Å². The number of nitrogens with zero attached hydrogens (tertiary/aromatic N) is 2. The van der Waals surface area contributed by atoms with E-state index >= 15 is 0 Å². The zero-order chi connectivity index (χ0) is 28.2. The molecular formula is C30H25N3O6S. The lowest BCUT2D eigenvalue weighted by atomic mass is 9.95. The normalized spacial score (nSPS) is 14.8. The van der Waals surface area contributed by atoms with Crippen LogP contribution in [0.1, 0.15) is 24.1 Å². The number of hydrogen-bond acceptors (Lipinski definition) is 7. The van der Waals surface area contributed by atoms with Gasteiger partial charge in [-0.1, -0.05) is 65.9 Å². The van der Waals surface area contributed by atoms with E-state index in [1.807, 2.05) is 48.5 Å². The number of fused-ring (bicyclic) bond motifs is 1. The third kappa shape index (κ3) is 5.43. The van der Waals surface area contributed by atoms with Crippen molar-refractivity contribution in [1.82, 2.24) is 4.57 Å². The zero-order valence-corrected chi connectivity index (χ0v) is 22.5. The van der Waals surface area contributed by atoms with Crippen LogP contribution < -0.4 is 29.7 Å². The highest BCUT2D eigenvalue weighted by atomic mass is 32.1. The minimum Gasteiger partial charge on any atom is -0.493 e. The number of carboxylic acid groups (broad SMARTS) is 1. The first kappa shape index (κ1) is 26.6. The zero-order valence-electron chi connectivity index (χ0n) is 21.7. The smallest absolute Gasteiger partial charge is 0.341 e. The number of amides is 1. The maximum absolute atomic E-state index is 13.8. The van der Waals surface area contributed by atoms with Crippen LogP contribution in [0.2, 0.25) is 0 Å². The average Bonchev–Trinajstić information content (AvgIpc) is 3.26. The molecular weight excluding hydrogens is 530 g/mol. The van der Waals surface area contributed by atoms with Crippen molar-refractivity contribution in [3.8, 4) is 11.5 Å². The van der Waals surface area contributed by atoms with E-state index in [4.69, 9.17) is 14.6 Å². The summed E-state index contributed by atoms with van der Waals surface area (Å²) in [7, 11) is 1.45. The lowest BCUT2D eigenvalue weighted by Crippen LogP contribution is -2.40. The molecule has 0 unspecified atom stereocenters. The van der Waals surface area contributed by atoms with Crippen LogP contribution in [-0.2, 0) is 9.59 Å². The first-order valence-electron chi connectivity index (χ1n) is 12.3. The van der Waals surface area contributed by atoms with E-state index in [-0.39, 0.29) is 17.2 Å². The van der Waals surface area contributed by atoms with Crippen LogP contribution in [0, 0.1) is 0 Å². The molecule has 9 nitrogen and oxygen atoms in total. The van der Waals surface area contributed by atoms with Gasteiger partial charge in [0, 0.05) is 5.69 Å². The summed E-state index contributed by atoms with van der Waals surface area (Å²) in [5.41, 5.74) is 2.69. The molecule has 1 aliphatic heterocycles. The third-order valence-corrected chi connectivity index (χ3v) is 7.23. The fourth-order valence-electron chi connectivity index (χ4n) is 4.47. The highest BCUT2D eigenvalue weighted by molar-refractivity contribution is 7.07. The van der Waals surface area contributed by atoms with Crippen molar-refractivity contribution in [3.63, 3.8) is 0 Å². The minimum atomic E-state index is -1.10. The molecule has 0 aliphatic carbocycles. The van der Waals surface area contributed by atoms with Gasteiger partial charge in [-0.2, -0.15) is 0 Å². The average molecular weight is 556 g/mol. The van der Waals surface area contributed by atoms with E-state index < -0.39 is 18.6 Å². The first-order valence-corrected chi connectivity index (χ1v) is 13.1. The molecule has 5 rings (SSSR count). The second-order valence-electron chi connectivity index (χ2n) is 8.91. The molecule has 0 saturated heterocycles. The van der Waals surface area contributed by atoms with Gasteiger partial charge in [-0.05, 0) is 48.4 Å². The van der Waals surface area contributed by atoms with E-state index in [0.29, 0.717) is 37.6 Å². The molecule has 202 valence electrons. The van der Waals surface area contributed by atoms with Gasteiger partial charge >= 0.3 is 5.97 Å². The van der Waals surface area contributed by atoms with Gasteiger partial charge in [0.1, 0.15) is 0 Å². The molecule has 10 heteroatoms. The number of thiazole rings is 1. The molecule has 0 radical (unpaired) electrons. The van der Waals surface area contributed by atoms with Crippen molar-refractivity contribution in [1.29, 1.82) is 0 Å². The summed E-state index contributed by atoms with van der Waals surface area (Å²) in [5, 5.41) is 11.8. The SMILES string of the molecule is COc1cc(/C=c2\sc3n(c2=O)[C@H](c2ccccc2)C(C(=O)Nc2ccccc2)=C(C)N=3)ccc1OCC(=O)O. The van der Waals surface area contributed by atoms with Crippen LogP contribution >= 0.6 is 11.3 Å². The van der Waals surface area contributed by atoms with Gasteiger partial charge in [0.2, 0.25) is 0 Å². The van der Waals surface area contributed by atoms with Crippen LogP contribution in [0.4, 0.5) is 5.69 Å². The summed E-state index contributed by atoms with van der Waals surface area (Å²) in [4.78, 5) is 43.4. The Morgan fingerprint density at radius 1 is 1.05 bits per heavy atom. The predicted molar refractivity (Wildman–Crippen MR) is 151 cm³/mol. The van der Waals surface area contributed by atoms with Gasteiger partial charge in [0.25, 0.3) is 11.5 Å². The molecule has 0 saturated carbocycles. The fraction of sp³-hybridized carbons (Fsp3) is 0.133. The Hall–Kier alpha value is -4.96. The lowest BCUT2D eigenvalue weighted by Gasteiger charge is -2.25. The summed E-state index contributed by atoms with van der Waals surface area (Å²) in [6.07, 6.45) is 1.71. The number of benzene rings is 3. The van der Waals surface area contributed by atoms with Crippen LogP contribution in [0.3, 0.4) is 0 Å². The lowest BCUT2D eigenvalue weighted by molar-refractivity contribution is -0.139. The summed E-state index contributed by atoms with van der Waals surface area (Å²) >= 11 is 1.22. The molecule has 1 aliphatic rings. The number of aliphatic carboxylic acids is 1. The van der Waals surface area contributed by atoms with Gasteiger partial charge in [-0.15, -0.1) is 0 Å². The van der Waals surface area contributed by atoms with E-state index in [9.17, 15) is 14.4 Å². The Bertz CT molecular complexity index is 1790. The molecule has 0 spiro atoms. The number of allylic oxidation sites excluding steroid dienone is 1. The largest absolute Gasteiger partial charge is 0.493 e. The number of para-hydroxylation sites is 1. The maximum Gasteiger partial charge on any atom is 0.341 e. The summed E-state index contributed by atoms with van der Waals surface area (Å²) < 4.78 is 12.6. The number of aromatic nitrogens is 1. The van der Waals surface area contributed by atoms with Gasteiger partial charge < -0.3 is 19.9 Å². The molecule has 4 aromatic rings. The number of rotatable bonds is 8. The molecule has 0 fully saturated rings. The van der Waals surface area contributed by atoms with Gasteiger partial charge in [-0.25, -0.2) is 9.79 Å². The maximum atomic E-state index is 13.8. The quantitative estimate of drug-likeness (QED) is 0.344. The molecule has 1 atom stereocenters. The van der Waals surface area contributed by atoms with Crippen LogP contribution in [0.25, 0.3) is 6.08 Å². The Kier molecular flexibility index (Phi) is 7.61. The first-order chi connectivity index (χ1) is 19.4. The van der Waals surface area contributed by atoms with Gasteiger partial charge in [0.05, 0.1) is 29.0 Å². The van der Waals surface area contributed by atoms with Crippen molar-refractivity contribution in [2.45, 2.75) is 13.0 Å². The number of anilines is 1. The molecule has 3 aromatic carbocycles. The minimum absolute atomic E-state index is 0.275. The Balaban J connectivity index is 1.59. The van der Waals surface area contributed by atoms with E-state index in [1.165, 1.54) is 18.4 Å². The van der Waals surface area contributed by atoms with Crippen molar-refractivity contribution in [2.75, 3.05) is 19.0 Å². The van der Waals surface area contributed by atoms with Crippen molar-refractivity contribution < 1.29 is 24.2 Å². The van der Waals surface area contributed by atoms with Crippen molar-refractivity contribution in [2.24, 2.45) is 4.99 Å². The van der Waals surface area contributed by atoms with E-state index in [2.05, 4.69) is 10.3 Å². The number of carbonyl (C=O) groups is 2. The Labute approximate surface area is 233 Å². The van der Waals surface area contributed by atoms with Crippen LogP contribution in [-0.4, -0.2) is 35.3 Å². The summed E-state index contributed by atoms with van der Waals surface area (Å²) in [6, 6.07) is 22.8. The van der Waals surface area contributed by atoms with Crippen molar-refractivity contribution >= 4 is 35.0 Å². The predicted octanol–water partition coefficient (Wildman–Crippen LogP) is 3.35.